The summed E-state index contributed by atoms with van der Waals surface area (Å²) in [5, 5.41) is 12.2. The number of carboxylic acid groups (broad SMARTS) is 1. The predicted octanol–water partition coefficient (Wildman–Crippen LogP) is 0.551. The van der Waals surface area contributed by atoms with E-state index in [2.05, 4.69) is 15.2 Å². The zero-order chi connectivity index (χ0) is 14.0. The Kier molecular flexibility index (Phi) is 4.01. The van der Waals surface area contributed by atoms with Gasteiger partial charge < -0.3 is 20.2 Å². The zero-order valence-electron chi connectivity index (χ0n) is 10.8. The third-order valence-corrected chi connectivity index (χ3v) is 3.98. The maximum atomic E-state index is 11.1. The first-order valence-electron chi connectivity index (χ1n) is 5.92. The average molecular weight is 284 g/mol. The van der Waals surface area contributed by atoms with E-state index in [1.54, 1.807) is 0 Å². The van der Waals surface area contributed by atoms with Gasteiger partial charge >= 0.3 is 5.97 Å². The van der Waals surface area contributed by atoms with Crippen molar-refractivity contribution < 1.29 is 14.7 Å². The van der Waals surface area contributed by atoms with Crippen LogP contribution in [0.25, 0.3) is 0 Å². The standard InChI is InChI=1S/C11H16N4O3S/c1-7(16)12-9-8(10(17)18)19-11(13-9)15-5-3-14(2)4-6-15/h3-6H2,1-2H3,(H,12,16)(H,17,18). The van der Waals surface area contributed by atoms with Gasteiger partial charge in [0.2, 0.25) is 5.91 Å². The summed E-state index contributed by atoms with van der Waals surface area (Å²) < 4.78 is 0. The summed E-state index contributed by atoms with van der Waals surface area (Å²) in [6, 6.07) is 0. The maximum Gasteiger partial charge on any atom is 0.349 e. The SMILES string of the molecule is CC(=O)Nc1nc(N2CCN(C)CC2)sc1C(=O)O. The van der Waals surface area contributed by atoms with Gasteiger partial charge in [0, 0.05) is 33.1 Å². The van der Waals surface area contributed by atoms with E-state index in [1.807, 2.05) is 11.9 Å². The molecule has 1 saturated heterocycles. The van der Waals surface area contributed by atoms with Crippen molar-refractivity contribution in [3.05, 3.63) is 4.88 Å². The summed E-state index contributed by atoms with van der Waals surface area (Å²) in [4.78, 5) is 30.8. The monoisotopic (exact) mass is 284 g/mol. The molecule has 0 aromatic carbocycles. The minimum atomic E-state index is -1.07. The Morgan fingerprint density at radius 3 is 2.47 bits per heavy atom. The molecule has 2 N–H and O–H groups in total. The molecule has 7 nitrogen and oxygen atoms in total. The van der Waals surface area contributed by atoms with E-state index in [9.17, 15) is 9.59 Å². The molecule has 19 heavy (non-hydrogen) atoms. The first kappa shape index (κ1) is 13.8. The number of aromatic carboxylic acids is 1. The molecule has 1 aliphatic rings. The molecule has 0 bridgehead atoms. The lowest BCUT2D eigenvalue weighted by Gasteiger charge is -2.31. The molecule has 0 spiro atoms. The fourth-order valence-corrected chi connectivity index (χ4v) is 2.75. The van der Waals surface area contributed by atoms with E-state index >= 15 is 0 Å². The Hall–Kier alpha value is -1.67. The average Bonchev–Trinajstić information content (AvgIpc) is 2.73. The number of likely N-dealkylation sites (N-methyl/N-ethyl adjacent to an activating group) is 1. The van der Waals surface area contributed by atoms with Crippen LogP contribution in [0.2, 0.25) is 0 Å². The molecule has 2 heterocycles. The van der Waals surface area contributed by atoms with Crippen molar-refractivity contribution in [1.29, 1.82) is 0 Å². The van der Waals surface area contributed by atoms with Crippen LogP contribution in [-0.2, 0) is 4.79 Å². The van der Waals surface area contributed by atoms with Gasteiger partial charge in [0.1, 0.15) is 0 Å². The summed E-state index contributed by atoms with van der Waals surface area (Å²) in [5.74, 6) is -1.25. The van der Waals surface area contributed by atoms with Crippen molar-refractivity contribution in [2.75, 3.05) is 43.4 Å². The van der Waals surface area contributed by atoms with Crippen molar-refractivity contribution in [2.45, 2.75) is 6.92 Å². The molecule has 0 aliphatic carbocycles. The lowest BCUT2D eigenvalue weighted by Crippen LogP contribution is -2.44. The predicted molar refractivity (Wildman–Crippen MR) is 73.1 cm³/mol. The van der Waals surface area contributed by atoms with Crippen LogP contribution in [0, 0.1) is 0 Å². The number of hydrogen-bond donors (Lipinski definition) is 2. The lowest BCUT2D eigenvalue weighted by molar-refractivity contribution is -0.114. The van der Waals surface area contributed by atoms with Crippen molar-refractivity contribution in [3.63, 3.8) is 0 Å². The van der Waals surface area contributed by atoms with Crippen LogP contribution in [0.15, 0.2) is 0 Å². The smallest absolute Gasteiger partial charge is 0.349 e. The normalized spacial score (nSPS) is 16.4. The summed E-state index contributed by atoms with van der Waals surface area (Å²) >= 11 is 1.10. The number of carboxylic acids is 1. The van der Waals surface area contributed by atoms with Crippen molar-refractivity contribution in [2.24, 2.45) is 0 Å². The van der Waals surface area contributed by atoms with Crippen LogP contribution in [0.5, 0.6) is 0 Å². The molecular formula is C11H16N4O3S. The van der Waals surface area contributed by atoms with Crippen molar-refractivity contribution in [1.82, 2.24) is 9.88 Å². The molecule has 1 amide bonds. The molecule has 0 unspecified atom stereocenters. The largest absolute Gasteiger partial charge is 0.477 e. The number of nitrogens with one attached hydrogen (secondary N) is 1. The van der Waals surface area contributed by atoms with Gasteiger partial charge in [-0.15, -0.1) is 0 Å². The molecule has 1 aliphatic heterocycles. The number of amides is 1. The van der Waals surface area contributed by atoms with Crippen LogP contribution in [0.1, 0.15) is 16.6 Å². The minimum absolute atomic E-state index is 0.0733. The number of thiazole rings is 1. The van der Waals surface area contributed by atoms with E-state index in [-0.39, 0.29) is 16.6 Å². The number of aromatic nitrogens is 1. The van der Waals surface area contributed by atoms with Gasteiger partial charge in [-0.1, -0.05) is 11.3 Å². The minimum Gasteiger partial charge on any atom is -0.477 e. The number of carbonyl (C=O) groups is 2. The number of piperazine rings is 1. The molecule has 1 fully saturated rings. The maximum absolute atomic E-state index is 11.1. The summed E-state index contributed by atoms with van der Waals surface area (Å²) in [6.45, 7) is 4.78. The molecule has 1 aromatic rings. The molecule has 8 heteroatoms. The third-order valence-electron chi connectivity index (χ3n) is 2.88. The molecule has 1 aromatic heterocycles. The molecule has 104 valence electrons. The van der Waals surface area contributed by atoms with Gasteiger partial charge in [-0.2, -0.15) is 0 Å². The number of carbonyl (C=O) groups excluding carboxylic acids is 1. The fraction of sp³-hybridized carbons (Fsp3) is 0.545. The van der Waals surface area contributed by atoms with Crippen molar-refractivity contribution in [3.8, 4) is 0 Å². The quantitative estimate of drug-likeness (QED) is 0.843. The lowest BCUT2D eigenvalue weighted by atomic mass is 10.3. The van der Waals surface area contributed by atoms with Gasteiger partial charge in [0.25, 0.3) is 0 Å². The second-order valence-electron chi connectivity index (χ2n) is 4.45. The third kappa shape index (κ3) is 3.21. The Balaban J connectivity index is 2.22. The van der Waals surface area contributed by atoms with Crippen LogP contribution in [0.3, 0.4) is 0 Å². The number of nitrogens with zero attached hydrogens (tertiary/aromatic N) is 3. The van der Waals surface area contributed by atoms with Crippen LogP contribution in [0.4, 0.5) is 10.9 Å². The van der Waals surface area contributed by atoms with E-state index < -0.39 is 5.97 Å². The van der Waals surface area contributed by atoms with Gasteiger partial charge in [-0.3, -0.25) is 4.79 Å². The highest BCUT2D eigenvalue weighted by Crippen LogP contribution is 2.30. The van der Waals surface area contributed by atoms with E-state index in [4.69, 9.17) is 5.11 Å². The Morgan fingerprint density at radius 2 is 1.95 bits per heavy atom. The fourth-order valence-electron chi connectivity index (χ4n) is 1.84. The Bertz CT molecular complexity index is 494. The van der Waals surface area contributed by atoms with E-state index in [1.165, 1.54) is 6.92 Å². The van der Waals surface area contributed by atoms with Gasteiger partial charge in [0.15, 0.2) is 15.8 Å². The van der Waals surface area contributed by atoms with Crippen LogP contribution >= 0.6 is 11.3 Å². The molecule has 0 saturated carbocycles. The number of anilines is 2. The number of rotatable bonds is 3. The van der Waals surface area contributed by atoms with Crippen LogP contribution in [-0.4, -0.2) is 60.1 Å². The first-order chi connectivity index (χ1) is 8.97. The molecule has 2 rings (SSSR count). The summed E-state index contributed by atoms with van der Waals surface area (Å²) in [7, 11) is 2.05. The molecule has 0 radical (unpaired) electrons. The highest BCUT2D eigenvalue weighted by molar-refractivity contribution is 7.18. The van der Waals surface area contributed by atoms with Gasteiger partial charge in [-0.25, -0.2) is 9.78 Å². The zero-order valence-corrected chi connectivity index (χ0v) is 11.7. The Labute approximate surface area is 114 Å². The van der Waals surface area contributed by atoms with E-state index in [0.717, 1.165) is 37.5 Å². The topological polar surface area (TPSA) is 85.8 Å². The molecular weight excluding hydrogens is 268 g/mol. The Morgan fingerprint density at radius 1 is 1.32 bits per heavy atom. The highest BCUT2D eigenvalue weighted by Gasteiger charge is 2.23. The molecule has 0 atom stereocenters. The second-order valence-corrected chi connectivity index (χ2v) is 5.43. The van der Waals surface area contributed by atoms with Gasteiger partial charge in [-0.05, 0) is 7.05 Å². The number of hydrogen-bond acceptors (Lipinski definition) is 6. The van der Waals surface area contributed by atoms with Crippen LogP contribution < -0.4 is 10.2 Å². The van der Waals surface area contributed by atoms with Crippen molar-refractivity contribution >= 4 is 34.2 Å². The van der Waals surface area contributed by atoms with E-state index in [0.29, 0.717) is 5.13 Å². The highest BCUT2D eigenvalue weighted by atomic mass is 32.1. The summed E-state index contributed by atoms with van der Waals surface area (Å²) in [5.41, 5.74) is 0. The summed E-state index contributed by atoms with van der Waals surface area (Å²) in [6.07, 6.45) is 0. The van der Waals surface area contributed by atoms with Gasteiger partial charge in [0.05, 0.1) is 0 Å². The first-order valence-corrected chi connectivity index (χ1v) is 6.74. The second kappa shape index (κ2) is 5.54.